The topological polar surface area (TPSA) is 93.2 Å². The van der Waals surface area contributed by atoms with E-state index in [1.54, 1.807) is 18.2 Å². The zero-order valence-electron chi connectivity index (χ0n) is 15.8. The van der Waals surface area contributed by atoms with E-state index >= 15 is 0 Å². The number of hydrogen-bond acceptors (Lipinski definition) is 7. The van der Waals surface area contributed by atoms with Crippen LogP contribution in [0.5, 0.6) is 0 Å². The fourth-order valence-electron chi connectivity index (χ4n) is 3.62. The second-order valence-electron chi connectivity index (χ2n) is 7.33. The summed E-state index contributed by atoms with van der Waals surface area (Å²) in [5.74, 6) is 2.07. The first-order chi connectivity index (χ1) is 13.0. The van der Waals surface area contributed by atoms with E-state index in [0.29, 0.717) is 23.1 Å². The molecule has 0 saturated carbocycles. The number of rotatable bonds is 4. The molecule has 1 amide bonds. The molecule has 1 saturated heterocycles. The lowest BCUT2D eigenvalue weighted by molar-refractivity contribution is 0.0703. The molecule has 0 radical (unpaired) electrons. The predicted molar refractivity (Wildman–Crippen MR) is 98.1 cm³/mol. The summed E-state index contributed by atoms with van der Waals surface area (Å²) in [5, 5.41) is 16.3. The maximum atomic E-state index is 13.0. The van der Waals surface area contributed by atoms with Crippen LogP contribution in [0, 0.1) is 0 Å². The van der Waals surface area contributed by atoms with E-state index in [9.17, 15) is 4.79 Å². The largest absolute Gasteiger partial charge is 0.338 e. The summed E-state index contributed by atoms with van der Waals surface area (Å²) in [4.78, 5) is 16.9. The van der Waals surface area contributed by atoms with Gasteiger partial charge < -0.3 is 14.4 Å². The Hall–Kier alpha value is -2.81. The molecular weight excluding hydrogens is 346 g/mol. The van der Waals surface area contributed by atoms with Crippen molar-refractivity contribution in [3.8, 4) is 0 Å². The molecule has 1 atom stereocenters. The van der Waals surface area contributed by atoms with Gasteiger partial charge in [0, 0.05) is 31.6 Å². The summed E-state index contributed by atoms with van der Waals surface area (Å²) in [5.41, 5.74) is 1.84. The van der Waals surface area contributed by atoms with Gasteiger partial charge in [0.25, 0.3) is 5.91 Å². The summed E-state index contributed by atoms with van der Waals surface area (Å²) < 4.78 is 6.78. The number of aromatic nitrogens is 5. The van der Waals surface area contributed by atoms with Crippen LogP contribution in [-0.4, -0.2) is 68.0 Å². The average Bonchev–Trinajstić information content (AvgIpc) is 3.27. The van der Waals surface area contributed by atoms with Crippen molar-refractivity contribution in [2.24, 2.45) is 7.05 Å². The highest BCUT2D eigenvalue weighted by atomic mass is 16.6. The second-order valence-corrected chi connectivity index (χ2v) is 7.33. The number of nitrogens with zero attached hydrogens (tertiary/aromatic N) is 7. The number of carbonyl (C=O) groups excluding carboxylic acids is 1. The van der Waals surface area contributed by atoms with Gasteiger partial charge in [0.1, 0.15) is 22.7 Å². The summed E-state index contributed by atoms with van der Waals surface area (Å²) in [7, 11) is 6.02. The van der Waals surface area contributed by atoms with E-state index in [1.165, 1.54) is 0 Å². The molecule has 0 unspecified atom stereocenters. The third-order valence-corrected chi connectivity index (χ3v) is 5.03. The van der Waals surface area contributed by atoms with Gasteiger partial charge in [-0.25, -0.2) is 4.63 Å². The first kappa shape index (κ1) is 17.6. The van der Waals surface area contributed by atoms with Crippen LogP contribution in [0.1, 0.15) is 40.8 Å². The number of piperidine rings is 1. The maximum absolute atomic E-state index is 13.0. The Morgan fingerprint density at radius 3 is 2.89 bits per heavy atom. The third-order valence-electron chi connectivity index (χ3n) is 5.03. The number of likely N-dealkylation sites (tertiary alicyclic amines) is 1. The van der Waals surface area contributed by atoms with Crippen molar-refractivity contribution in [1.82, 2.24) is 34.9 Å². The molecule has 27 heavy (non-hydrogen) atoms. The van der Waals surface area contributed by atoms with E-state index in [2.05, 4.69) is 30.0 Å². The molecule has 3 heterocycles. The summed E-state index contributed by atoms with van der Waals surface area (Å²) >= 11 is 0. The first-order valence-electron chi connectivity index (χ1n) is 9.07. The number of fused-ring (bicyclic) bond motifs is 1. The average molecular weight is 369 g/mol. The lowest BCUT2D eigenvalue weighted by Crippen LogP contribution is -2.39. The monoisotopic (exact) mass is 369 g/mol. The molecule has 3 aromatic rings. The highest BCUT2D eigenvalue weighted by molar-refractivity contribution is 5.97. The SMILES string of the molecule is CN(C)Cc1nnc([C@@H]2CCCN(C(=O)c3ccc4nonc4c3)C2)n1C. The van der Waals surface area contributed by atoms with E-state index in [1.807, 2.05) is 26.0 Å². The molecule has 142 valence electrons. The van der Waals surface area contributed by atoms with Crippen molar-refractivity contribution in [1.29, 1.82) is 0 Å². The van der Waals surface area contributed by atoms with Gasteiger partial charge in [-0.3, -0.25) is 4.79 Å². The highest BCUT2D eigenvalue weighted by Gasteiger charge is 2.29. The van der Waals surface area contributed by atoms with Crippen molar-refractivity contribution in [2.45, 2.75) is 25.3 Å². The molecule has 4 rings (SSSR count). The second kappa shape index (κ2) is 7.07. The van der Waals surface area contributed by atoms with Crippen molar-refractivity contribution >= 4 is 16.9 Å². The molecular formula is C18H23N7O2. The molecule has 1 fully saturated rings. The maximum Gasteiger partial charge on any atom is 0.253 e. The smallest absolute Gasteiger partial charge is 0.253 e. The Morgan fingerprint density at radius 1 is 1.26 bits per heavy atom. The van der Waals surface area contributed by atoms with Crippen LogP contribution in [-0.2, 0) is 13.6 Å². The third kappa shape index (κ3) is 3.42. The van der Waals surface area contributed by atoms with E-state index in [-0.39, 0.29) is 11.8 Å². The standard InChI is InChI=1S/C18H23N7O2/c1-23(2)11-16-19-20-17(24(16)3)13-5-4-8-25(10-13)18(26)12-6-7-14-15(9-12)22-27-21-14/h6-7,9,13H,4-5,8,10-11H2,1-3H3/t13-/m1/s1. The van der Waals surface area contributed by atoms with Gasteiger partial charge in [-0.15, -0.1) is 10.2 Å². The van der Waals surface area contributed by atoms with Crippen LogP contribution >= 0.6 is 0 Å². The normalized spacial score (nSPS) is 17.8. The zero-order chi connectivity index (χ0) is 19.0. The highest BCUT2D eigenvalue weighted by Crippen LogP contribution is 2.27. The first-order valence-corrected chi connectivity index (χ1v) is 9.07. The summed E-state index contributed by atoms with van der Waals surface area (Å²) in [6.07, 6.45) is 1.95. The minimum atomic E-state index is 0.000262. The summed E-state index contributed by atoms with van der Waals surface area (Å²) in [6.45, 7) is 2.12. The van der Waals surface area contributed by atoms with Gasteiger partial charge in [0.05, 0.1) is 6.54 Å². The number of amides is 1. The van der Waals surface area contributed by atoms with Gasteiger partial charge in [-0.05, 0) is 55.4 Å². The van der Waals surface area contributed by atoms with Crippen LogP contribution in [0.4, 0.5) is 0 Å². The van der Waals surface area contributed by atoms with Gasteiger partial charge >= 0.3 is 0 Å². The molecule has 0 aliphatic carbocycles. The fraction of sp³-hybridized carbons (Fsp3) is 0.500. The van der Waals surface area contributed by atoms with E-state index in [4.69, 9.17) is 4.63 Å². The van der Waals surface area contributed by atoms with Crippen LogP contribution in [0.25, 0.3) is 11.0 Å². The number of carbonyl (C=O) groups is 1. The van der Waals surface area contributed by atoms with Crippen LogP contribution in [0.2, 0.25) is 0 Å². The Kier molecular flexibility index (Phi) is 4.61. The quantitative estimate of drug-likeness (QED) is 0.687. The minimum absolute atomic E-state index is 0.000262. The van der Waals surface area contributed by atoms with Crippen molar-refractivity contribution < 1.29 is 9.42 Å². The molecule has 1 aromatic carbocycles. The summed E-state index contributed by atoms with van der Waals surface area (Å²) in [6, 6.07) is 5.27. The fourth-order valence-corrected chi connectivity index (χ4v) is 3.62. The van der Waals surface area contributed by atoms with Crippen LogP contribution in [0.15, 0.2) is 22.8 Å². The molecule has 1 aliphatic heterocycles. The number of hydrogen-bond donors (Lipinski definition) is 0. The molecule has 9 nitrogen and oxygen atoms in total. The van der Waals surface area contributed by atoms with E-state index in [0.717, 1.165) is 37.6 Å². The lowest BCUT2D eigenvalue weighted by Gasteiger charge is -2.32. The van der Waals surface area contributed by atoms with E-state index < -0.39 is 0 Å². The molecule has 1 aliphatic rings. The molecule has 2 aromatic heterocycles. The Bertz CT molecular complexity index is 962. The minimum Gasteiger partial charge on any atom is -0.338 e. The molecule has 9 heteroatoms. The van der Waals surface area contributed by atoms with Crippen LogP contribution < -0.4 is 0 Å². The Morgan fingerprint density at radius 2 is 2.07 bits per heavy atom. The van der Waals surface area contributed by atoms with Crippen molar-refractivity contribution in [2.75, 3.05) is 27.2 Å². The molecule has 0 bridgehead atoms. The molecule has 0 spiro atoms. The Balaban J connectivity index is 1.52. The predicted octanol–water partition coefficient (Wildman–Crippen LogP) is 1.43. The molecule has 0 N–H and O–H groups in total. The zero-order valence-corrected chi connectivity index (χ0v) is 15.8. The van der Waals surface area contributed by atoms with Gasteiger partial charge in [-0.1, -0.05) is 0 Å². The van der Waals surface area contributed by atoms with Crippen molar-refractivity contribution in [3.05, 3.63) is 35.4 Å². The van der Waals surface area contributed by atoms with Gasteiger partial charge in [0.15, 0.2) is 0 Å². The Labute approximate surface area is 156 Å². The van der Waals surface area contributed by atoms with Gasteiger partial charge in [-0.2, -0.15) is 0 Å². The van der Waals surface area contributed by atoms with Gasteiger partial charge in [0.2, 0.25) is 0 Å². The van der Waals surface area contributed by atoms with Crippen molar-refractivity contribution in [3.63, 3.8) is 0 Å². The number of benzene rings is 1. The van der Waals surface area contributed by atoms with Crippen LogP contribution in [0.3, 0.4) is 0 Å². The lowest BCUT2D eigenvalue weighted by atomic mass is 9.96.